The molecule has 0 aliphatic heterocycles. The standard InChI is InChI=1S/C27H30Cl2N2O2/c1-3-17-30-27(33)25(4-2)31(18-22-23(28)13-8-14-24(22)29)26(32)16-15-20-11-7-10-19-9-5-6-12-21(19)20/h5-14,25H,3-4,15-18H2,1-2H3,(H,30,33). The lowest BCUT2D eigenvalue weighted by atomic mass is 10.00. The summed E-state index contributed by atoms with van der Waals surface area (Å²) in [7, 11) is 0. The van der Waals surface area contributed by atoms with Crippen LogP contribution >= 0.6 is 23.2 Å². The summed E-state index contributed by atoms with van der Waals surface area (Å²) in [5.74, 6) is -0.251. The van der Waals surface area contributed by atoms with Crippen LogP contribution in [0.5, 0.6) is 0 Å². The van der Waals surface area contributed by atoms with Gasteiger partial charge in [0.2, 0.25) is 11.8 Å². The van der Waals surface area contributed by atoms with Gasteiger partial charge in [-0.15, -0.1) is 0 Å². The van der Waals surface area contributed by atoms with Crippen LogP contribution in [0, 0.1) is 0 Å². The van der Waals surface area contributed by atoms with E-state index in [-0.39, 0.29) is 24.8 Å². The van der Waals surface area contributed by atoms with Crippen molar-refractivity contribution >= 4 is 45.8 Å². The maximum Gasteiger partial charge on any atom is 0.242 e. The van der Waals surface area contributed by atoms with E-state index in [1.807, 2.05) is 32.0 Å². The summed E-state index contributed by atoms with van der Waals surface area (Å²) in [6.45, 7) is 4.67. The summed E-state index contributed by atoms with van der Waals surface area (Å²) < 4.78 is 0. The van der Waals surface area contributed by atoms with Crippen molar-refractivity contribution < 1.29 is 9.59 Å². The number of rotatable bonds is 10. The van der Waals surface area contributed by atoms with Gasteiger partial charge in [-0.05, 0) is 47.7 Å². The van der Waals surface area contributed by atoms with E-state index >= 15 is 0 Å². The molecule has 3 rings (SSSR count). The molecule has 3 aromatic rings. The Balaban J connectivity index is 1.86. The molecule has 33 heavy (non-hydrogen) atoms. The molecule has 174 valence electrons. The van der Waals surface area contributed by atoms with Crippen LogP contribution in [0.15, 0.2) is 60.7 Å². The number of benzene rings is 3. The Morgan fingerprint density at radius 2 is 1.61 bits per heavy atom. The average molecular weight is 485 g/mol. The highest BCUT2D eigenvalue weighted by Gasteiger charge is 2.29. The first kappa shape index (κ1) is 25.1. The van der Waals surface area contributed by atoms with Gasteiger partial charge < -0.3 is 10.2 Å². The third-order valence-electron chi connectivity index (χ3n) is 5.81. The molecule has 0 aromatic heterocycles. The maximum atomic E-state index is 13.5. The van der Waals surface area contributed by atoms with E-state index in [4.69, 9.17) is 23.2 Å². The van der Waals surface area contributed by atoms with Crippen molar-refractivity contribution in [3.05, 3.63) is 81.8 Å². The predicted octanol–water partition coefficient (Wildman–Crippen LogP) is 6.41. The summed E-state index contributed by atoms with van der Waals surface area (Å²) >= 11 is 12.8. The topological polar surface area (TPSA) is 49.4 Å². The van der Waals surface area contributed by atoms with Crippen molar-refractivity contribution in [1.29, 1.82) is 0 Å². The summed E-state index contributed by atoms with van der Waals surface area (Å²) in [6.07, 6.45) is 2.19. The molecule has 0 aliphatic carbocycles. The molecule has 4 nitrogen and oxygen atoms in total. The predicted molar refractivity (Wildman–Crippen MR) is 137 cm³/mol. The maximum absolute atomic E-state index is 13.5. The zero-order valence-corrected chi connectivity index (χ0v) is 20.6. The lowest BCUT2D eigenvalue weighted by Gasteiger charge is -2.31. The number of nitrogens with zero attached hydrogens (tertiary/aromatic N) is 1. The van der Waals surface area contributed by atoms with Gasteiger partial charge in [0.25, 0.3) is 0 Å². The van der Waals surface area contributed by atoms with E-state index in [0.29, 0.717) is 35.0 Å². The highest BCUT2D eigenvalue weighted by Crippen LogP contribution is 2.28. The average Bonchev–Trinajstić information content (AvgIpc) is 2.82. The van der Waals surface area contributed by atoms with Crippen molar-refractivity contribution in [2.75, 3.05) is 6.54 Å². The van der Waals surface area contributed by atoms with Crippen LogP contribution in [0.4, 0.5) is 0 Å². The lowest BCUT2D eigenvalue weighted by molar-refractivity contribution is -0.141. The van der Waals surface area contributed by atoms with Gasteiger partial charge in [-0.25, -0.2) is 0 Å². The van der Waals surface area contributed by atoms with Crippen LogP contribution in [0.1, 0.15) is 44.2 Å². The van der Waals surface area contributed by atoms with Gasteiger partial charge in [-0.3, -0.25) is 9.59 Å². The molecule has 3 aromatic carbocycles. The number of hydrogen-bond donors (Lipinski definition) is 1. The number of hydrogen-bond acceptors (Lipinski definition) is 2. The minimum absolute atomic E-state index is 0.0996. The van der Waals surface area contributed by atoms with Gasteiger partial charge >= 0.3 is 0 Å². The van der Waals surface area contributed by atoms with E-state index in [2.05, 4.69) is 29.6 Å². The van der Waals surface area contributed by atoms with Crippen molar-refractivity contribution in [3.63, 3.8) is 0 Å². The first-order chi connectivity index (χ1) is 16.0. The molecular formula is C27H30Cl2N2O2. The molecule has 1 atom stereocenters. The SMILES string of the molecule is CCCNC(=O)C(CC)N(Cc1c(Cl)cccc1Cl)C(=O)CCc1cccc2ccccc12. The molecule has 0 saturated carbocycles. The smallest absolute Gasteiger partial charge is 0.242 e. The normalized spacial score (nSPS) is 11.9. The number of amides is 2. The molecular weight excluding hydrogens is 455 g/mol. The molecule has 2 amide bonds. The van der Waals surface area contributed by atoms with Crippen LogP contribution in [0.2, 0.25) is 10.0 Å². The highest BCUT2D eigenvalue weighted by molar-refractivity contribution is 6.36. The molecule has 0 bridgehead atoms. The monoisotopic (exact) mass is 484 g/mol. The van der Waals surface area contributed by atoms with Crippen LogP contribution in [-0.2, 0) is 22.6 Å². The van der Waals surface area contributed by atoms with E-state index < -0.39 is 6.04 Å². The number of aryl methyl sites for hydroxylation is 1. The zero-order chi connectivity index (χ0) is 23.8. The van der Waals surface area contributed by atoms with Gasteiger partial charge in [0.1, 0.15) is 6.04 Å². The number of fused-ring (bicyclic) bond motifs is 1. The Labute approximate surface area is 205 Å². The number of carbonyl (C=O) groups excluding carboxylic acids is 2. The van der Waals surface area contributed by atoms with E-state index in [1.165, 1.54) is 0 Å². The molecule has 0 fully saturated rings. The minimum atomic E-state index is -0.594. The Bertz CT molecular complexity index is 1090. The van der Waals surface area contributed by atoms with Gasteiger partial charge in [0, 0.05) is 35.1 Å². The second-order valence-corrected chi connectivity index (χ2v) is 8.89. The summed E-state index contributed by atoms with van der Waals surface area (Å²) in [5.41, 5.74) is 1.77. The Hall–Kier alpha value is -2.56. The third kappa shape index (κ3) is 6.27. The molecule has 1 unspecified atom stereocenters. The quantitative estimate of drug-likeness (QED) is 0.361. The second-order valence-electron chi connectivity index (χ2n) is 8.08. The van der Waals surface area contributed by atoms with E-state index in [9.17, 15) is 9.59 Å². The fourth-order valence-corrected chi connectivity index (χ4v) is 4.55. The summed E-state index contributed by atoms with van der Waals surface area (Å²) in [6, 6.07) is 19.0. The highest BCUT2D eigenvalue weighted by atomic mass is 35.5. The Kier molecular flexibility index (Phi) is 9.16. The van der Waals surface area contributed by atoms with Crippen molar-refractivity contribution in [1.82, 2.24) is 10.2 Å². The third-order valence-corrected chi connectivity index (χ3v) is 6.52. The molecule has 1 N–H and O–H groups in total. The first-order valence-corrected chi connectivity index (χ1v) is 12.2. The van der Waals surface area contributed by atoms with Crippen molar-refractivity contribution in [3.8, 4) is 0 Å². The van der Waals surface area contributed by atoms with Gasteiger partial charge in [-0.2, -0.15) is 0 Å². The van der Waals surface area contributed by atoms with Crippen LogP contribution in [0.3, 0.4) is 0 Å². The zero-order valence-electron chi connectivity index (χ0n) is 19.1. The number of halogens is 2. The Morgan fingerprint density at radius 3 is 2.30 bits per heavy atom. The molecule has 0 heterocycles. The largest absolute Gasteiger partial charge is 0.354 e. The molecule has 0 aliphatic rings. The van der Waals surface area contributed by atoms with E-state index in [0.717, 1.165) is 22.8 Å². The summed E-state index contributed by atoms with van der Waals surface area (Å²) in [5, 5.41) is 6.19. The number of carbonyl (C=O) groups is 2. The van der Waals surface area contributed by atoms with Crippen molar-refractivity contribution in [2.24, 2.45) is 0 Å². The van der Waals surface area contributed by atoms with Gasteiger partial charge in [0.15, 0.2) is 0 Å². The van der Waals surface area contributed by atoms with Gasteiger partial charge in [-0.1, -0.05) is 85.6 Å². The van der Waals surface area contributed by atoms with Crippen LogP contribution in [-0.4, -0.2) is 29.3 Å². The van der Waals surface area contributed by atoms with Gasteiger partial charge in [0.05, 0.1) is 0 Å². The molecule has 0 spiro atoms. The first-order valence-electron chi connectivity index (χ1n) is 11.4. The summed E-state index contributed by atoms with van der Waals surface area (Å²) in [4.78, 5) is 28.1. The molecule has 0 radical (unpaired) electrons. The molecule has 0 saturated heterocycles. The fraction of sp³-hybridized carbons (Fsp3) is 0.333. The van der Waals surface area contributed by atoms with Crippen LogP contribution in [0.25, 0.3) is 10.8 Å². The number of nitrogens with one attached hydrogen (secondary N) is 1. The lowest BCUT2D eigenvalue weighted by Crippen LogP contribution is -2.49. The Morgan fingerprint density at radius 1 is 0.939 bits per heavy atom. The van der Waals surface area contributed by atoms with Crippen molar-refractivity contribution in [2.45, 2.75) is 52.1 Å². The fourth-order valence-electron chi connectivity index (χ4n) is 4.03. The van der Waals surface area contributed by atoms with Crippen LogP contribution < -0.4 is 5.32 Å². The second kappa shape index (κ2) is 12.1. The molecule has 6 heteroatoms. The minimum Gasteiger partial charge on any atom is -0.354 e. The van der Waals surface area contributed by atoms with E-state index in [1.54, 1.807) is 23.1 Å².